The summed E-state index contributed by atoms with van der Waals surface area (Å²) in [5.41, 5.74) is 0.927. The Hall–Kier alpha value is -2.81. The first-order valence-electron chi connectivity index (χ1n) is 8.09. The van der Waals surface area contributed by atoms with Gasteiger partial charge in [-0.3, -0.25) is 4.79 Å². The fourth-order valence-electron chi connectivity index (χ4n) is 2.74. The van der Waals surface area contributed by atoms with Crippen molar-refractivity contribution in [3.63, 3.8) is 0 Å². The van der Waals surface area contributed by atoms with E-state index in [-0.39, 0.29) is 16.6 Å². The predicted octanol–water partition coefficient (Wildman–Crippen LogP) is 2.56. The Balaban J connectivity index is 1.67. The molecule has 0 saturated carbocycles. The van der Waals surface area contributed by atoms with Gasteiger partial charge in [-0.25, -0.2) is 9.66 Å². The average Bonchev–Trinajstić information content (AvgIpc) is 3.14. The molecule has 0 aliphatic heterocycles. The molecule has 0 radical (unpaired) electrons. The lowest BCUT2D eigenvalue weighted by Crippen LogP contribution is -2.24. The fraction of sp³-hybridized carbons (Fsp3) is 0.294. The van der Waals surface area contributed by atoms with Gasteiger partial charge in [0, 0.05) is 10.8 Å². The van der Waals surface area contributed by atoms with Crippen molar-refractivity contribution in [2.24, 2.45) is 0 Å². The lowest BCUT2D eigenvalue weighted by atomic mass is 9.96. The molecule has 0 bridgehead atoms. The molecule has 0 amide bonds. The van der Waals surface area contributed by atoms with Gasteiger partial charge in [0.2, 0.25) is 10.7 Å². The number of nitrogens with two attached hydrogens (primary N) is 1. The quantitative estimate of drug-likeness (QED) is 0.420. The summed E-state index contributed by atoms with van der Waals surface area (Å²) in [5, 5.41) is 9.67. The molecule has 0 spiro atoms. The van der Waals surface area contributed by atoms with Crippen LogP contribution in [-0.2, 0) is 11.2 Å². The van der Waals surface area contributed by atoms with Crippen molar-refractivity contribution < 1.29 is 4.42 Å². The van der Waals surface area contributed by atoms with E-state index in [9.17, 15) is 4.79 Å². The van der Waals surface area contributed by atoms with Gasteiger partial charge in [0.25, 0.3) is 5.56 Å². The van der Waals surface area contributed by atoms with Crippen LogP contribution in [0.15, 0.2) is 38.6 Å². The number of H-pyrrole nitrogens is 1. The second-order valence-electron chi connectivity index (χ2n) is 7.00. The van der Waals surface area contributed by atoms with Gasteiger partial charge >= 0.3 is 0 Å². The highest BCUT2D eigenvalue weighted by Crippen LogP contribution is 2.27. The first-order valence-corrected chi connectivity index (χ1v) is 9.07. The third-order valence-electron chi connectivity index (χ3n) is 3.95. The second kappa shape index (κ2) is 5.87. The van der Waals surface area contributed by atoms with Crippen LogP contribution in [0, 0.1) is 0 Å². The topological polar surface area (TPSA) is 116 Å². The normalized spacial score (nSPS) is 12.3. The molecule has 4 aromatic rings. The summed E-state index contributed by atoms with van der Waals surface area (Å²) in [6.07, 6.45) is 0. The zero-order valence-corrected chi connectivity index (χ0v) is 15.4. The molecule has 0 aliphatic carbocycles. The Morgan fingerprint density at radius 3 is 2.77 bits per heavy atom. The van der Waals surface area contributed by atoms with Crippen LogP contribution < -0.4 is 11.4 Å². The molecule has 3 heterocycles. The van der Waals surface area contributed by atoms with E-state index < -0.39 is 0 Å². The number of fused-ring (bicyclic) bond motifs is 3. The molecule has 3 N–H and O–H groups in total. The number of aromatic nitrogens is 5. The van der Waals surface area contributed by atoms with Gasteiger partial charge in [-0.05, 0) is 12.1 Å². The first kappa shape index (κ1) is 16.6. The molecule has 0 saturated heterocycles. The molecule has 9 heteroatoms. The molecule has 0 unspecified atom stereocenters. The van der Waals surface area contributed by atoms with E-state index in [1.54, 1.807) is 0 Å². The van der Waals surface area contributed by atoms with Crippen molar-refractivity contribution >= 4 is 33.8 Å². The Bertz CT molecular complexity index is 1170. The van der Waals surface area contributed by atoms with E-state index in [1.165, 1.54) is 16.4 Å². The number of nitrogens with one attached hydrogen (secondary N) is 1. The number of rotatable bonds is 3. The molecule has 8 nitrogen and oxygen atoms in total. The maximum absolute atomic E-state index is 12.3. The molecule has 134 valence electrons. The van der Waals surface area contributed by atoms with Gasteiger partial charge in [0.15, 0.2) is 5.82 Å². The Kier molecular flexibility index (Phi) is 3.76. The van der Waals surface area contributed by atoms with E-state index in [0.717, 1.165) is 5.39 Å². The smallest absolute Gasteiger partial charge is 0.294 e. The summed E-state index contributed by atoms with van der Waals surface area (Å²) in [7, 11) is 0. The van der Waals surface area contributed by atoms with E-state index in [2.05, 4.69) is 20.2 Å². The number of nitrogens with zero attached hydrogens (tertiary/aromatic N) is 4. The van der Waals surface area contributed by atoms with Crippen molar-refractivity contribution in [3.8, 4) is 0 Å². The van der Waals surface area contributed by atoms with E-state index in [0.29, 0.717) is 33.7 Å². The number of hydrogen-bond donors (Lipinski definition) is 2. The summed E-state index contributed by atoms with van der Waals surface area (Å²) in [4.78, 5) is 19.6. The molecule has 4 rings (SSSR count). The van der Waals surface area contributed by atoms with Gasteiger partial charge in [0.1, 0.15) is 16.9 Å². The SMILES string of the molecule is CC(C)(C)c1nnc(SCc2nc3c(oc4ccccc43)c(=O)[nH]2)n1N. The number of aromatic amines is 1. The number of para-hydroxylation sites is 1. The molecule has 3 aromatic heterocycles. The summed E-state index contributed by atoms with van der Waals surface area (Å²) in [6.45, 7) is 6.06. The van der Waals surface area contributed by atoms with Crippen molar-refractivity contribution in [1.29, 1.82) is 0 Å². The monoisotopic (exact) mass is 370 g/mol. The van der Waals surface area contributed by atoms with Crippen LogP contribution in [0.1, 0.15) is 32.4 Å². The molecule has 1 aromatic carbocycles. The maximum Gasteiger partial charge on any atom is 0.294 e. The molecular weight excluding hydrogens is 352 g/mol. The zero-order chi connectivity index (χ0) is 18.5. The van der Waals surface area contributed by atoms with Crippen LogP contribution in [0.2, 0.25) is 0 Å². The summed E-state index contributed by atoms with van der Waals surface area (Å²) in [6, 6.07) is 7.45. The van der Waals surface area contributed by atoms with Gasteiger partial charge in [-0.1, -0.05) is 44.7 Å². The van der Waals surface area contributed by atoms with Gasteiger partial charge in [0.05, 0.1) is 5.75 Å². The minimum atomic E-state index is -0.300. The molecular formula is C17H18N6O2S. The number of nitrogen functional groups attached to an aromatic ring is 1. The van der Waals surface area contributed by atoms with E-state index in [4.69, 9.17) is 10.3 Å². The van der Waals surface area contributed by atoms with Crippen molar-refractivity contribution in [2.75, 3.05) is 5.84 Å². The summed E-state index contributed by atoms with van der Waals surface area (Å²) in [5.74, 6) is 7.72. The van der Waals surface area contributed by atoms with Crippen LogP contribution in [0.4, 0.5) is 0 Å². The van der Waals surface area contributed by atoms with Crippen molar-refractivity contribution in [1.82, 2.24) is 24.8 Å². The highest BCUT2D eigenvalue weighted by molar-refractivity contribution is 7.98. The van der Waals surface area contributed by atoms with Crippen LogP contribution in [-0.4, -0.2) is 24.8 Å². The van der Waals surface area contributed by atoms with Crippen LogP contribution in [0.5, 0.6) is 0 Å². The molecule has 0 fully saturated rings. The molecule has 26 heavy (non-hydrogen) atoms. The van der Waals surface area contributed by atoms with Gasteiger partial charge < -0.3 is 15.2 Å². The number of thioether (sulfide) groups is 1. The standard InChI is InChI=1S/C17H18N6O2S/c1-17(2,3)15-21-22-16(23(15)18)26-8-11-19-12-9-6-4-5-7-10(9)25-13(12)14(24)20-11/h4-7H,8,18H2,1-3H3,(H,19,20,24). The minimum Gasteiger partial charge on any atom is -0.449 e. The minimum absolute atomic E-state index is 0.207. The summed E-state index contributed by atoms with van der Waals surface area (Å²) >= 11 is 1.36. The fourth-order valence-corrected chi connectivity index (χ4v) is 3.46. The lowest BCUT2D eigenvalue weighted by Gasteiger charge is -2.16. The number of hydrogen-bond acceptors (Lipinski definition) is 7. The van der Waals surface area contributed by atoms with Gasteiger partial charge in [-0.2, -0.15) is 0 Å². The number of benzene rings is 1. The van der Waals surface area contributed by atoms with Crippen LogP contribution in [0.25, 0.3) is 22.1 Å². The largest absolute Gasteiger partial charge is 0.449 e. The van der Waals surface area contributed by atoms with Crippen LogP contribution >= 0.6 is 11.8 Å². The second-order valence-corrected chi connectivity index (χ2v) is 7.95. The zero-order valence-electron chi connectivity index (χ0n) is 14.6. The van der Waals surface area contributed by atoms with E-state index >= 15 is 0 Å². The van der Waals surface area contributed by atoms with Crippen LogP contribution in [0.3, 0.4) is 0 Å². The Morgan fingerprint density at radius 1 is 1.27 bits per heavy atom. The van der Waals surface area contributed by atoms with Gasteiger partial charge in [-0.15, -0.1) is 10.2 Å². The first-order chi connectivity index (χ1) is 12.3. The Morgan fingerprint density at radius 2 is 2.04 bits per heavy atom. The van der Waals surface area contributed by atoms with E-state index in [1.807, 2.05) is 45.0 Å². The highest BCUT2D eigenvalue weighted by Gasteiger charge is 2.23. The maximum atomic E-state index is 12.3. The third-order valence-corrected chi connectivity index (χ3v) is 4.91. The summed E-state index contributed by atoms with van der Waals surface area (Å²) < 4.78 is 7.08. The average molecular weight is 370 g/mol. The number of furan rings is 1. The van der Waals surface area contributed by atoms with Crippen molar-refractivity contribution in [3.05, 3.63) is 46.3 Å². The van der Waals surface area contributed by atoms with Crippen molar-refractivity contribution in [2.45, 2.75) is 37.1 Å². The highest BCUT2D eigenvalue weighted by atomic mass is 32.2. The predicted molar refractivity (Wildman–Crippen MR) is 101 cm³/mol. The molecule has 0 aliphatic rings. The lowest BCUT2D eigenvalue weighted by molar-refractivity contribution is 0.523. The Labute approximate surface area is 152 Å². The third kappa shape index (κ3) is 2.74. The molecule has 0 atom stereocenters.